The van der Waals surface area contributed by atoms with E-state index in [-0.39, 0.29) is 11.8 Å². The standard InChI is InChI=1S/C13H10ClN5O/c1-20-7-11-8(6-15)12(14)19(18-11)13-16-9-4-2-3-5-10(9)17-13/h2-5H,7H2,1H3,(H,16,17). The Kier molecular flexibility index (Phi) is 3.14. The summed E-state index contributed by atoms with van der Waals surface area (Å²) in [6.45, 7) is 0.218. The molecule has 0 spiro atoms. The molecule has 0 aliphatic carbocycles. The van der Waals surface area contributed by atoms with Crippen LogP contribution in [0.5, 0.6) is 0 Å². The summed E-state index contributed by atoms with van der Waals surface area (Å²) >= 11 is 6.19. The molecule has 0 aliphatic rings. The number of nitriles is 1. The quantitative estimate of drug-likeness (QED) is 0.802. The van der Waals surface area contributed by atoms with Crippen LogP contribution in [0, 0.1) is 11.3 Å². The smallest absolute Gasteiger partial charge is 0.230 e. The fourth-order valence-corrected chi connectivity index (χ4v) is 2.24. The Morgan fingerprint density at radius 3 is 2.95 bits per heavy atom. The van der Waals surface area contributed by atoms with Gasteiger partial charge in [-0.3, -0.25) is 0 Å². The van der Waals surface area contributed by atoms with Crippen molar-refractivity contribution >= 4 is 22.6 Å². The summed E-state index contributed by atoms with van der Waals surface area (Å²) < 4.78 is 6.43. The first kappa shape index (κ1) is 12.7. The molecule has 6 nitrogen and oxygen atoms in total. The molecule has 0 aliphatic heterocycles. The number of hydrogen-bond acceptors (Lipinski definition) is 4. The summed E-state index contributed by atoms with van der Waals surface area (Å²) in [5.74, 6) is 0.468. The zero-order valence-electron chi connectivity index (χ0n) is 10.6. The highest BCUT2D eigenvalue weighted by atomic mass is 35.5. The van der Waals surface area contributed by atoms with E-state index < -0.39 is 0 Å². The molecule has 0 unspecified atom stereocenters. The van der Waals surface area contributed by atoms with Crippen LogP contribution in [0.3, 0.4) is 0 Å². The Balaban J connectivity index is 2.16. The highest BCUT2D eigenvalue weighted by molar-refractivity contribution is 6.31. The number of fused-ring (bicyclic) bond motifs is 1. The molecule has 7 heteroatoms. The number of para-hydroxylation sites is 2. The molecule has 2 aromatic heterocycles. The average molecular weight is 288 g/mol. The lowest BCUT2D eigenvalue weighted by atomic mass is 10.3. The van der Waals surface area contributed by atoms with Crippen molar-refractivity contribution in [2.75, 3.05) is 7.11 Å². The lowest BCUT2D eigenvalue weighted by Gasteiger charge is -1.96. The van der Waals surface area contributed by atoms with Crippen molar-refractivity contribution in [3.05, 3.63) is 40.7 Å². The number of halogens is 1. The molecule has 0 fully saturated rings. The van der Waals surface area contributed by atoms with E-state index in [4.69, 9.17) is 21.6 Å². The number of nitrogens with one attached hydrogen (secondary N) is 1. The van der Waals surface area contributed by atoms with E-state index >= 15 is 0 Å². The number of rotatable bonds is 3. The monoisotopic (exact) mass is 287 g/mol. The van der Waals surface area contributed by atoms with E-state index in [1.807, 2.05) is 30.3 Å². The Bertz CT molecular complexity index is 781. The van der Waals surface area contributed by atoms with Crippen LogP contribution in [0.15, 0.2) is 24.3 Å². The molecule has 100 valence electrons. The molecule has 0 saturated heterocycles. The number of methoxy groups -OCH3 is 1. The van der Waals surface area contributed by atoms with Gasteiger partial charge in [0.25, 0.3) is 0 Å². The number of ether oxygens (including phenoxy) is 1. The Labute approximate surface area is 119 Å². The van der Waals surface area contributed by atoms with Crippen LogP contribution >= 0.6 is 11.6 Å². The van der Waals surface area contributed by atoms with Crippen molar-refractivity contribution in [2.45, 2.75) is 6.61 Å². The van der Waals surface area contributed by atoms with Gasteiger partial charge in [-0.2, -0.15) is 15.0 Å². The van der Waals surface area contributed by atoms with E-state index in [0.717, 1.165) is 11.0 Å². The van der Waals surface area contributed by atoms with E-state index in [1.54, 1.807) is 0 Å². The van der Waals surface area contributed by atoms with Crippen molar-refractivity contribution < 1.29 is 4.74 Å². The molecule has 0 saturated carbocycles. The van der Waals surface area contributed by atoms with Crippen molar-refractivity contribution in [2.24, 2.45) is 0 Å². The number of imidazole rings is 1. The second-order valence-electron chi connectivity index (χ2n) is 4.15. The van der Waals surface area contributed by atoms with Gasteiger partial charge in [-0.05, 0) is 12.1 Å². The van der Waals surface area contributed by atoms with Crippen LogP contribution in [0.2, 0.25) is 5.15 Å². The molecular weight excluding hydrogens is 278 g/mol. The molecule has 2 heterocycles. The third kappa shape index (κ3) is 1.93. The maximum atomic E-state index is 9.15. The maximum absolute atomic E-state index is 9.15. The van der Waals surface area contributed by atoms with Crippen LogP contribution in [-0.4, -0.2) is 26.9 Å². The van der Waals surface area contributed by atoms with Gasteiger partial charge < -0.3 is 9.72 Å². The first-order valence-electron chi connectivity index (χ1n) is 5.86. The van der Waals surface area contributed by atoms with Crippen molar-refractivity contribution in [3.63, 3.8) is 0 Å². The first-order chi connectivity index (χ1) is 9.74. The van der Waals surface area contributed by atoms with E-state index in [0.29, 0.717) is 17.2 Å². The second-order valence-corrected chi connectivity index (χ2v) is 4.50. The van der Waals surface area contributed by atoms with Crippen LogP contribution in [-0.2, 0) is 11.3 Å². The number of hydrogen-bond donors (Lipinski definition) is 1. The summed E-state index contributed by atoms with van der Waals surface area (Å²) in [5, 5.41) is 13.7. The molecule has 0 amide bonds. The van der Waals surface area contributed by atoms with Gasteiger partial charge in [0.1, 0.15) is 17.3 Å². The average Bonchev–Trinajstić information content (AvgIpc) is 3.00. The maximum Gasteiger partial charge on any atom is 0.230 e. The van der Waals surface area contributed by atoms with Crippen LogP contribution in [0.1, 0.15) is 11.3 Å². The molecular formula is C13H10ClN5O. The predicted octanol–water partition coefficient (Wildman–Crippen LogP) is 2.42. The second kappa shape index (κ2) is 4.96. The third-order valence-electron chi connectivity index (χ3n) is 2.87. The zero-order valence-corrected chi connectivity index (χ0v) is 11.3. The fourth-order valence-electron chi connectivity index (χ4n) is 1.97. The summed E-state index contributed by atoms with van der Waals surface area (Å²) in [6.07, 6.45) is 0. The van der Waals surface area contributed by atoms with Gasteiger partial charge in [0.05, 0.1) is 17.6 Å². The topological polar surface area (TPSA) is 79.5 Å². The highest BCUT2D eigenvalue weighted by Crippen LogP contribution is 2.23. The Morgan fingerprint density at radius 1 is 1.45 bits per heavy atom. The molecule has 3 rings (SSSR count). The van der Waals surface area contributed by atoms with Crippen molar-refractivity contribution in [1.82, 2.24) is 19.7 Å². The molecule has 1 aromatic carbocycles. The van der Waals surface area contributed by atoms with Crippen LogP contribution < -0.4 is 0 Å². The zero-order chi connectivity index (χ0) is 14.1. The van der Waals surface area contributed by atoms with Crippen molar-refractivity contribution in [3.8, 4) is 12.0 Å². The van der Waals surface area contributed by atoms with Gasteiger partial charge >= 0.3 is 0 Å². The van der Waals surface area contributed by atoms with Crippen LogP contribution in [0.4, 0.5) is 0 Å². The van der Waals surface area contributed by atoms with Crippen molar-refractivity contribution in [1.29, 1.82) is 5.26 Å². The van der Waals surface area contributed by atoms with Gasteiger partial charge in [0.15, 0.2) is 5.15 Å². The third-order valence-corrected chi connectivity index (χ3v) is 3.22. The Hall–Kier alpha value is -2.36. The molecule has 0 radical (unpaired) electrons. The fraction of sp³-hybridized carbons (Fsp3) is 0.154. The van der Waals surface area contributed by atoms with Crippen LogP contribution in [0.25, 0.3) is 17.0 Å². The van der Waals surface area contributed by atoms with E-state index in [2.05, 4.69) is 15.1 Å². The number of aromatic nitrogens is 4. The highest BCUT2D eigenvalue weighted by Gasteiger charge is 2.19. The lowest BCUT2D eigenvalue weighted by molar-refractivity contribution is 0.181. The number of nitrogens with zero attached hydrogens (tertiary/aromatic N) is 4. The molecule has 0 bridgehead atoms. The molecule has 1 N–H and O–H groups in total. The first-order valence-corrected chi connectivity index (χ1v) is 6.24. The summed E-state index contributed by atoms with van der Waals surface area (Å²) in [6, 6.07) is 9.63. The number of H-pyrrole nitrogens is 1. The Morgan fingerprint density at radius 2 is 2.25 bits per heavy atom. The molecule has 20 heavy (non-hydrogen) atoms. The summed E-state index contributed by atoms with van der Waals surface area (Å²) in [4.78, 5) is 7.52. The minimum Gasteiger partial charge on any atom is -0.378 e. The van der Waals surface area contributed by atoms with E-state index in [9.17, 15) is 0 Å². The largest absolute Gasteiger partial charge is 0.378 e. The van der Waals surface area contributed by atoms with Gasteiger partial charge in [-0.25, -0.2) is 4.98 Å². The number of aromatic amines is 1. The van der Waals surface area contributed by atoms with Gasteiger partial charge in [-0.15, -0.1) is 0 Å². The molecule has 3 aromatic rings. The minimum atomic E-state index is 0.218. The van der Waals surface area contributed by atoms with Gasteiger partial charge in [0, 0.05) is 7.11 Å². The number of benzene rings is 1. The lowest BCUT2D eigenvalue weighted by Crippen LogP contribution is -2.00. The molecule has 0 atom stereocenters. The minimum absolute atomic E-state index is 0.218. The van der Waals surface area contributed by atoms with Gasteiger partial charge in [0.2, 0.25) is 5.95 Å². The summed E-state index contributed by atoms with van der Waals surface area (Å²) in [5.41, 5.74) is 2.47. The SMILES string of the molecule is COCc1nn(-c2nc3ccccc3[nH]2)c(Cl)c1C#N. The summed E-state index contributed by atoms with van der Waals surface area (Å²) in [7, 11) is 1.54. The predicted molar refractivity (Wildman–Crippen MR) is 73.7 cm³/mol. The normalized spacial score (nSPS) is 10.8. The van der Waals surface area contributed by atoms with Gasteiger partial charge in [-0.1, -0.05) is 23.7 Å². The van der Waals surface area contributed by atoms with E-state index in [1.165, 1.54) is 11.8 Å².